The second-order valence-electron chi connectivity index (χ2n) is 7.67. The molecule has 0 spiro atoms. The maximum absolute atomic E-state index is 11.9. The average Bonchev–Trinajstić information content (AvgIpc) is 2.35. The topological polar surface area (TPSA) is 29.1 Å². The van der Waals surface area contributed by atoms with Crippen LogP contribution < -0.4 is 5.32 Å². The molecule has 0 aliphatic rings. The summed E-state index contributed by atoms with van der Waals surface area (Å²) >= 11 is 0. The van der Waals surface area contributed by atoms with Gasteiger partial charge in [0, 0.05) is 18.4 Å². The van der Waals surface area contributed by atoms with Gasteiger partial charge in [0.25, 0.3) is 0 Å². The fourth-order valence-electron chi connectivity index (χ4n) is 2.94. The number of quaternary nitrogens is 1. The Kier molecular flexibility index (Phi) is 9.60. The third-order valence-corrected chi connectivity index (χ3v) is 3.75. The molecule has 0 bridgehead atoms. The molecule has 0 atom stereocenters. The molecule has 0 fully saturated rings. The molecule has 124 valence electrons. The van der Waals surface area contributed by atoms with Crippen LogP contribution in [0.3, 0.4) is 0 Å². The van der Waals surface area contributed by atoms with Crippen LogP contribution in [0.4, 0.5) is 0 Å². The largest absolute Gasteiger partial charge is 0.355 e. The van der Waals surface area contributed by atoms with E-state index >= 15 is 0 Å². The highest BCUT2D eigenvalue weighted by Gasteiger charge is 2.28. The Morgan fingerprint density at radius 2 is 1.81 bits per heavy atom. The van der Waals surface area contributed by atoms with E-state index in [-0.39, 0.29) is 11.3 Å². The fraction of sp³-hybridized carbons (Fsp3) is 0.833. The number of nitrogens with zero attached hydrogens (tertiary/aromatic N) is 1. The maximum Gasteiger partial charge on any atom is 0.220 e. The van der Waals surface area contributed by atoms with Gasteiger partial charge in [0.05, 0.1) is 27.2 Å². The molecule has 0 aromatic carbocycles. The first-order valence-corrected chi connectivity index (χ1v) is 8.42. The SMILES string of the molecule is C=CC[N+](C)(C)CC(C)(C)CNC(=O)CCCCCCC. The number of rotatable bonds is 12. The highest BCUT2D eigenvalue weighted by molar-refractivity contribution is 5.75. The first kappa shape index (κ1) is 20.2. The number of likely N-dealkylation sites (N-methyl/N-ethyl adjacent to an activating group) is 1. The van der Waals surface area contributed by atoms with Crippen molar-refractivity contribution in [3.05, 3.63) is 12.7 Å². The van der Waals surface area contributed by atoms with E-state index in [4.69, 9.17) is 0 Å². The van der Waals surface area contributed by atoms with E-state index < -0.39 is 0 Å². The Hall–Kier alpha value is -0.830. The van der Waals surface area contributed by atoms with E-state index in [1.165, 1.54) is 25.7 Å². The van der Waals surface area contributed by atoms with Gasteiger partial charge < -0.3 is 9.80 Å². The van der Waals surface area contributed by atoms with Crippen LogP contribution in [-0.2, 0) is 4.79 Å². The molecular weight excluding hydrogens is 260 g/mol. The summed E-state index contributed by atoms with van der Waals surface area (Å²) in [4.78, 5) is 11.9. The van der Waals surface area contributed by atoms with Crippen molar-refractivity contribution >= 4 is 5.91 Å². The van der Waals surface area contributed by atoms with E-state index in [1.807, 2.05) is 6.08 Å². The lowest BCUT2D eigenvalue weighted by Gasteiger charge is -2.36. The smallest absolute Gasteiger partial charge is 0.220 e. The van der Waals surface area contributed by atoms with Crippen molar-refractivity contribution < 1.29 is 9.28 Å². The highest BCUT2D eigenvalue weighted by atomic mass is 16.1. The van der Waals surface area contributed by atoms with Crippen LogP contribution in [0.5, 0.6) is 0 Å². The van der Waals surface area contributed by atoms with E-state index in [2.05, 4.69) is 46.8 Å². The van der Waals surface area contributed by atoms with Crippen molar-refractivity contribution in [1.29, 1.82) is 0 Å². The zero-order valence-corrected chi connectivity index (χ0v) is 15.0. The fourth-order valence-corrected chi connectivity index (χ4v) is 2.94. The number of hydrogen-bond donors (Lipinski definition) is 1. The zero-order chi connectivity index (χ0) is 16.4. The number of carbonyl (C=O) groups is 1. The molecule has 0 aromatic heterocycles. The molecule has 0 saturated carbocycles. The van der Waals surface area contributed by atoms with Gasteiger partial charge in [0.1, 0.15) is 0 Å². The first-order valence-electron chi connectivity index (χ1n) is 8.42. The van der Waals surface area contributed by atoms with Gasteiger partial charge in [-0.1, -0.05) is 53.0 Å². The molecule has 0 aliphatic carbocycles. The van der Waals surface area contributed by atoms with Gasteiger partial charge in [0.15, 0.2) is 0 Å². The summed E-state index contributed by atoms with van der Waals surface area (Å²) < 4.78 is 0.906. The van der Waals surface area contributed by atoms with Gasteiger partial charge in [-0.05, 0) is 12.5 Å². The molecule has 0 unspecified atom stereocenters. The molecule has 0 heterocycles. The first-order chi connectivity index (χ1) is 9.72. The lowest BCUT2D eigenvalue weighted by atomic mass is 9.91. The summed E-state index contributed by atoms with van der Waals surface area (Å²) in [5, 5.41) is 3.10. The minimum absolute atomic E-state index is 0.102. The van der Waals surface area contributed by atoms with Crippen LogP contribution in [0.2, 0.25) is 0 Å². The molecule has 1 amide bonds. The number of amides is 1. The number of hydrogen-bond acceptors (Lipinski definition) is 1. The Balaban J connectivity index is 3.96. The Labute approximate surface area is 132 Å². The van der Waals surface area contributed by atoms with Gasteiger partial charge in [-0.15, -0.1) is 0 Å². The molecular formula is C18H37N2O+. The standard InChI is InChI=1S/C18H36N2O/c1-7-9-10-11-12-13-17(21)19-15-18(3,4)16-20(5,6)14-8-2/h8H,2,7,9-16H2,1,3-6H3/p+1. The molecule has 0 saturated heterocycles. The molecule has 0 aliphatic heterocycles. The zero-order valence-electron chi connectivity index (χ0n) is 15.0. The number of unbranched alkanes of at least 4 members (excludes halogenated alkanes) is 4. The molecule has 3 nitrogen and oxygen atoms in total. The van der Waals surface area contributed by atoms with Crippen LogP contribution in [0.15, 0.2) is 12.7 Å². The van der Waals surface area contributed by atoms with E-state index in [0.29, 0.717) is 6.42 Å². The summed E-state index contributed by atoms with van der Waals surface area (Å²) in [7, 11) is 4.41. The summed E-state index contributed by atoms with van der Waals surface area (Å²) in [6.45, 7) is 13.2. The Morgan fingerprint density at radius 3 is 2.38 bits per heavy atom. The van der Waals surface area contributed by atoms with Crippen molar-refractivity contribution in [2.45, 2.75) is 59.3 Å². The second-order valence-corrected chi connectivity index (χ2v) is 7.67. The van der Waals surface area contributed by atoms with Gasteiger partial charge in [-0.25, -0.2) is 0 Å². The van der Waals surface area contributed by atoms with Gasteiger partial charge in [0.2, 0.25) is 5.91 Å². The minimum atomic E-state index is 0.102. The minimum Gasteiger partial charge on any atom is -0.355 e. The third-order valence-electron chi connectivity index (χ3n) is 3.75. The third kappa shape index (κ3) is 11.5. The average molecular weight is 298 g/mol. The lowest BCUT2D eigenvalue weighted by Crippen LogP contribution is -2.49. The molecule has 0 rings (SSSR count). The van der Waals surface area contributed by atoms with Crippen LogP contribution >= 0.6 is 0 Å². The molecule has 3 heteroatoms. The monoisotopic (exact) mass is 297 g/mol. The quantitative estimate of drug-likeness (QED) is 0.332. The molecule has 21 heavy (non-hydrogen) atoms. The summed E-state index contributed by atoms with van der Waals surface area (Å²) in [5.74, 6) is 0.202. The lowest BCUT2D eigenvalue weighted by molar-refractivity contribution is -0.890. The van der Waals surface area contributed by atoms with E-state index in [1.54, 1.807) is 0 Å². The van der Waals surface area contributed by atoms with Crippen molar-refractivity contribution in [3.8, 4) is 0 Å². The van der Waals surface area contributed by atoms with E-state index in [9.17, 15) is 4.79 Å². The maximum atomic E-state index is 11.9. The van der Waals surface area contributed by atoms with Crippen LogP contribution in [0.1, 0.15) is 59.3 Å². The normalized spacial score (nSPS) is 12.2. The van der Waals surface area contributed by atoms with Crippen LogP contribution in [-0.4, -0.2) is 44.1 Å². The summed E-state index contributed by atoms with van der Waals surface area (Å²) in [6, 6.07) is 0. The molecule has 0 radical (unpaired) electrons. The van der Waals surface area contributed by atoms with Crippen molar-refractivity contribution in [1.82, 2.24) is 5.32 Å². The van der Waals surface area contributed by atoms with Gasteiger partial charge in [-0.2, -0.15) is 0 Å². The number of nitrogens with one attached hydrogen (secondary N) is 1. The van der Waals surface area contributed by atoms with Crippen molar-refractivity contribution in [3.63, 3.8) is 0 Å². The van der Waals surface area contributed by atoms with Crippen LogP contribution in [0, 0.1) is 5.41 Å². The second kappa shape index (κ2) is 9.99. The summed E-state index contributed by atoms with van der Waals surface area (Å²) in [6.07, 6.45) is 8.61. The number of carbonyl (C=O) groups excluding carboxylic acids is 1. The molecule has 0 aromatic rings. The Morgan fingerprint density at radius 1 is 1.19 bits per heavy atom. The van der Waals surface area contributed by atoms with E-state index in [0.717, 1.165) is 30.5 Å². The highest BCUT2D eigenvalue weighted by Crippen LogP contribution is 2.18. The Bertz CT molecular complexity index is 308. The predicted molar refractivity (Wildman–Crippen MR) is 92.2 cm³/mol. The van der Waals surface area contributed by atoms with Gasteiger partial charge >= 0.3 is 0 Å². The van der Waals surface area contributed by atoms with Crippen molar-refractivity contribution in [2.75, 3.05) is 33.7 Å². The predicted octanol–water partition coefficient (Wildman–Crippen LogP) is 3.75. The van der Waals surface area contributed by atoms with Gasteiger partial charge in [-0.3, -0.25) is 4.79 Å². The van der Waals surface area contributed by atoms with Crippen LogP contribution in [0.25, 0.3) is 0 Å². The molecule has 1 N–H and O–H groups in total. The van der Waals surface area contributed by atoms with Crippen molar-refractivity contribution in [2.24, 2.45) is 5.41 Å². The summed E-state index contributed by atoms with van der Waals surface area (Å²) in [5.41, 5.74) is 0.102.